The predicted octanol–water partition coefficient (Wildman–Crippen LogP) is 4.18. The summed E-state index contributed by atoms with van der Waals surface area (Å²) >= 11 is 1.46. The number of carbonyl (C=O) groups excluding carboxylic acids is 1. The number of amides is 1. The first-order chi connectivity index (χ1) is 10.6. The zero-order valence-electron chi connectivity index (χ0n) is 13.0. The normalized spacial score (nSPS) is 15.0. The molecule has 0 unspecified atom stereocenters. The molecule has 3 rings (SSSR count). The van der Waals surface area contributed by atoms with Crippen molar-refractivity contribution in [3.05, 3.63) is 40.4 Å². The molecule has 1 amide bonds. The molecule has 1 heterocycles. The number of nitrogens with one attached hydrogen (secondary N) is 2. The summed E-state index contributed by atoms with van der Waals surface area (Å²) < 4.78 is 0. The second-order valence-corrected chi connectivity index (χ2v) is 6.77. The molecule has 0 aliphatic heterocycles. The number of benzene rings is 1. The number of anilines is 2. The predicted molar refractivity (Wildman–Crippen MR) is 91.0 cm³/mol. The van der Waals surface area contributed by atoms with Crippen molar-refractivity contribution in [3.8, 4) is 0 Å². The second kappa shape index (κ2) is 6.48. The van der Waals surface area contributed by atoms with Gasteiger partial charge in [-0.2, -0.15) is 0 Å². The van der Waals surface area contributed by atoms with Crippen molar-refractivity contribution in [2.75, 3.05) is 5.32 Å². The molecule has 1 aromatic heterocycles. The van der Waals surface area contributed by atoms with E-state index >= 15 is 0 Å². The van der Waals surface area contributed by atoms with E-state index in [0.29, 0.717) is 11.7 Å². The molecule has 4 nitrogen and oxygen atoms in total. The number of aromatic nitrogens is 1. The van der Waals surface area contributed by atoms with E-state index in [0.717, 1.165) is 23.7 Å². The third-order valence-electron chi connectivity index (χ3n) is 4.19. The van der Waals surface area contributed by atoms with Gasteiger partial charge in [0.2, 0.25) is 0 Å². The molecular weight excluding hydrogens is 294 g/mol. The smallest absolute Gasteiger partial charge is 0.271 e. The lowest BCUT2D eigenvalue weighted by atomic mass is 10.1. The molecule has 2 aromatic rings. The molecule has 0 atom stereocenters. The lowest BCUT2D eigenvalue weighted by Gasteiger charge is -2.10. The van der Waals surface area contributed by atoms with Crippen LogP contribution in [0, 0.1) is 13.8 Å². The molecular formula is C17H21N3OS. The average molecular weight is 315 g/mol. The lowest BCUT2D eigenvalue weighted by molar-refractivity contribution is 0.0933. The Morgan fingerprint density at radius 3 is 2.73 bits per heavy atom. The van der Waals surface area contributed by atoms with Crippen molar-refractivity contribution < 1.29 is 4.79 Å². The van der Waals surface area contributed by atoms with Crippen molar-refractivity contribution in [1.82, 2.24) is 10.3 Å². The summed E-state index contributed by atoms with van der Waals surface area (Å²) in [4.78, 5) is 16.6. The van der Waals surface area contributed by atoms with E-state index in [2.05, 4.69) is 41.6 Å². The number of carbonyl (C=O) groups is 1. The molecule has 0 bridgehead atoms. The highest BCUT2D eigenvalue weighted by atomic mass is 32.1. The van der Waals surface area contributed by atoms with Gasteiger partial charge in [-0.15, -0.1) is 11.3 Å². The van der Waals surface area contributed by atoms with Crippen LogP contribution in [0.3, 0.4) is 0 Å². The highest BCUT2D eigenvalue weighted by molar-refractivity contribution is 7.14. The van der Waals surface area contributed by atoms with Crippen molar-refractivity contribution in [2.45, 2.75) is 45.6 Å². The molecule has 1 aromatic carbocycles. The summed E-state index contributed by atoms with van der Waals surface area (Å²) in [6.45, 7) is 4.18. The van der Waals surface area contributed by atoms with Crippen LogP contribution in [-0.2, 0) is 0 Å². The standard InChI is InChI=1S/C17H21N3OS/c1-11-7-8-14(9-12(11)2)19-17-20-15(10-22-17)16(21)18-13-5-3-4-6-13/h7-10,13H,3-6H2,1-2H3,(H,18,21)(H,19,20). The van der Waals surface area contributed by atoms with Crippen LogP contribution in [0.1, 0.15) is 47.3 Å². The van der Waals surface area contributed by atoms with Crippen LogP contribution in [0.15, 0.2) is 23.6 Å². The van der Waals surface area contributed by atoms with Gasteiger partial charge >= 0.3 is 0 Å². The average Bonchev–Trinajstić information content (AvgIpc) is 3.14. The van der Waals surface area contributed by atoms with E-state index in [1.54, 1.807) is 0 Å². The largest absolute Gasteiger partial charge is 0.348 e. The van der Waals surface area contributed by atoms with E-state index in [1.807, 2.05) is 11.4 Å². The van der Waals surface area contributed by atoms with Crippen LogP contribution in [0.2, 0.25) is 0 Å². The van der Waals surface area contributed by atoms with Crippen LogP contribution >= 0.6 is 11.3 Å². The summed E-state index contributed by atoms with van der Waals surface area (Å²) in [5.41, 5.74) is 4.01. The minimum Gasteiger partial charge on any atom is -0.348 e. The molecule has 1 saturated carbocycles. The lowest BCUT2D eigenvalue weighted by Crippen LogP contribution is -2.32. The van der Waals surface area contributed by atoms with Gasteiger partial charge in [-0.25, -0.2) is 4.98 Å². The van der Waals surface area contributed by atoms with Crippen LogP contribution in [0.4, 0.5) is 10.8 Å². The molecule has 0 spiro atoms. The molecule has 1 aliphatic rings. The zero-order valence-corrected chi connectivity index (χ0v) is 13.8. The Balaban J connectivity index is 1.65. The Morgan fingerprint density at radius 2 is 2.00 bits per heavy atom. The number of nitrogens with zero attached hydrogens (tertiary/aromatic N) is 1. The third-order valence-corrected chi connectivity index (χ3v) is 4.94. The zero-order chi connectivity index (χ0) is 15.5. The van der Waals surface area contributed by atoms with Gasteiger partial charge in [-0.05, 0) is 49.9 Å². The summed E-state index contributed by atoms with van der Waals surface area (Å²) in [7, 11) is 0. The van der Waals surface area contributed by atoms with Crippen molar-refractivity contribution in [2.24, 2.45) is 0 Å². The van der Waals surface area contributed by atoms with E-state index in [-0.39, 0.29) is 5.91 Å². The van der Waals surface area contributed by atoms with E-state index in [4.69, 9.17) is 0 Å². The quantitative estimate of drug-likeness (QED) is 0.890. The van der Waals surface area contributed by atoms with Crippen molar-refractivity contribution in [3.63, 3.8) is 0 Å². The molecule has 1 aliphatic carbocycles. The number of thiazole rings is 1. The van der Waals surface area contributed by atoms with Gasteiger partial charge in [0.25, 0.3) is 5.91 Å². The number of hydrogen-bond donors (Lipinski definition) is 2. The Hall–Kier alpha value is -1.88. The SMILES string of the molecule is Cc1ccc(Nc2nc(C(=O)NC3CCCC3)cs2)cc1C. The minimum atomic E-state index is -0.0590. The van der Waals surface area contributed by atoms with Crippen molar-refractivity contribution in [1.29, 1.82) is 0 Å². The first kappa shape index (κ1) is 15.0. The fraction of sp³-hybridized carbons (Fsp3) is 0.412. The van der Waals surface area contributed by atoms with Crippen LogP contribution < -0.4 is 10.6 Å². The van der Waals surface area contributed by atoms with Gasteiger partial charge in [-0.3, -0.25) is 4.79 Å². The Kier molecular flexibility index (Phi) is 4.43. The summed E-state index contributed by atoms with van der Waals surface area (Å²) in [5.74, 6) is -0.0590. The maximum Gasteiger partial charge on any atom is 0.271 e. The molecule has 116 valence electrons. The highest BCUT2D eigenvalue weighted by Gasteiger charge is 2.19. The van der Waals surface area contributed by atoms with Gasteiger partial charge in [0, 0.05) is 17.1 Å². The monoisotopic (exact) mass is 315 g/mol. The molecule has 2 N–H and O–H groups in total. The maximum absolute atomic E-state index is 12.2. The summed E-state index contributed by atoms with van der Waals surface area (Å²) in [6, 6.07) is 6.53. The van der Waals surface area contributed by atoms with Crippen molar-refractivity contribution >= 4 is 28.1 Å². The number of hydrogen-bond acceptors (Lipinski definition) is 4. The van der Waals surface area contributed by atoms with E-state index in [9.17, 15) is 4.79 Å². The number of aryl methyl sites for hydroxylation is 2. The van der Waals surface area contributed by atoms with E-state index in [1.165, 1.54) is 35.3 Å². The second-order valence-electron chi connectivity index (χ2n) is 5.92. The Bertz CT molecular complexity index is 674. The van der Waals surface area contributed by atoms with Crippen LogP contribution in [0.5, 0.6) is 0 Å². The van der Waals surface area contributed by atoms with Gasteiger partial charge < -0.3 is 10.6 Å². The Morgan fingerprint density at radius 1 is 1.23 bits per heavy atom. The topological polar surface area (TPSA) is 54.0 Å². The van der Waals surface area contributed by atoms with Gasteiger partial charge in [0.05, 0.1) is 0 Å². The molecule has 5 heteroatoms. The number of rotatable bonds is 4. The highest BCUT2D eigenvalue weighted by Crippen LogP contribution is 2.23. The van der Waals surface area contributed by atoms with E-state index < -0.39 is 0 Å². The maximum atomic E-state index is 12.2. The molecule has 0 radical (unpaired) electrons. The van der Waals surface area contributed by atoms with Gasteiger partial charge in [0.15, 0.2) is 5.13 Å². The van der Waals surface area contributed by atoms with Gasteiger partial charge in [0.1, 0.15) is 5.69 Å². The fourth-order valence-electron chi connectivity index (χ4n) is 2.71. The van der Waals surface area contributed by atoms with Crippen LogP contribution in [-0.4, -0.2) is 16.9 Å². The minimum absolute atomic E-state index is 0.0590. The molecule has 22 heavy (non-hydrogen) atoms. The summed E-state index contributed by atoms with van der Waals surface area (Å²) in [6.07, 6.45) is 4.59. The Labute approximate surface area is 135 Å². The molecule has 0 saturated heterocycles. The third kappa shape index (κ3) is 3.47. The fourth-order valence-corrected chi connectivity index (χ4v) is 3.42. The van der Waals surface area contributed by atoms with Gasteiger partial charge in [-0.1, -0.05) is 18.9 Å². The first-order valence-corrected chi connectivity index (χ1v) is 8.60. The molecule has 1 fully saturated rings. The first-order valence-electron chi connectivity index (χ1n) is 7.72. The summed E-state index contributed by atoms with van der Waals surface area (Å²) in [5, 5.41) is 8.90. The van der Waals surface area contributed by atoms with Crippen LogP contribution in [0.25, 0.3) is 0 Å².